The van der Waals surface area contributed by atoms with Crippen LogP contribution in [0, 0.1) is 13.8 Å². The fourth-order valence-electron chi connectivity index (χ4n) is 2.85. The monoisotopic (exact) mass is 349 g/mol. The molecule has 2 rings (SSSR count). The van der Waals surface area contributed by atoms with Crippen molar-refractivity contribution < 1.29 is 9.32 Å². The normalized spacial score (nSPS) is 14.1. The highest BCUT2D eigenvalue weighted by Gasteiger charge is 2.17. The maximum Gasteiger partial charge on any atom is 0.0644 e. The zero-order valence-electron chi connectivity index (χ0n) is 15.1. The van der Waals surface area contributed by atoms with E-state index in [-0.39, 0.29) is 12.6 Å². The Kier molecular flexibility index (Phi) is 6.32. The van der Waals surface area contributed by atoms with Crippen molar-refractivity contribution in [2.45, 2.75) is 44.8 Å². The van der Waals surface area contributed by atoms with Crippen LogP contribution in [0.2, 0.25) is 0 Å². The quantitative estimate of drug-likeness (QED) is 0.834. The summed E-state index contributed by atoms with van der Waals surface area (Å²) in [7, 11) is 1.15. The number of aromatic nitrogens is 2. The first-order valence-corrected chi connectivity index (χ1v) is 9.68. The molecule has 0 saturated heterocycles. The number of hydrogen-bond acceptors (Lipinski definition) is 4. The van der Waals surface area contributed by atoms with Gasteiger partial charge in [-0.05, 0) is 45.5 Å². The van der Waals surface area contributed by atoms with Gasteiger partial charge in [0.05, 0.1) is 18.8 Å². The van der Waals surface area contributed by atoms with Gasteiger partial charge in [-0.1, -0.05) is 12.1 Å². The summed E-state index contributed by atoms with van der Waals surface area (Å²) in [5, 5.41) is 13.6. The van der Waals surface area contributed by atoms with Crippen molar-refractivity contribution in [1.29, 1.82) is 0 Å². The third-order valence-corrected chi connectivity index (χ3v) is 5.54. The SMILES string of the molecule is Cc1nn(CCO)c(C)c1CN(C)C(C)c1ccc(S(C)=O)cc1. The maximum atomic E-state index is 11.5. The van der Waals surface area contributed by atoms with Crippen LogP contribution < -0.4 is 0 Å². The Labute approximate surface area is 146 Å². The number of nitrogens with zero attached hydrogens (tertiary/aromatic N) is 3. The molecule has 132 valence electrons. The smallest absolute Gasteiger partial charge is 0.0644 e. The summed E-state index contributed by atoms with van der Waals surface area (Å²) in [6, 6.07) is 8.21. The van der Waals surface area contributed by atoms with E-state index >= 15 is 0 Å². The third-order valence-electron chi connectivity index (χ3n) is 4.61. The van der Waals surface area contributed by atoms with Crippen LogP contribution in [0.4, 0.5) is 0 Å². The molecular weight excluding hydrogens is 322 g/mol. The first kappa shape index (κ1) is 18.8. The predicted molar refractivity (Wildman–Crippen MR) is 97.4 cm³/mol. The molecule has 24 heavy (non-hydrogen) atoms. The number of aliphatic hydroxyl groups is 1. The van der Waals surface area contributed by atoms with E-state index in [9.17, 15) is 4.21 Å². The molecule has 0 aliphatic carbocycles. The summed E-state index contributed by atoms with van der Waals surface area (Å²) in [5.74, 6) is 0. The third kappa shape index (κ3) is 4.12. The van der Waals surface area contributed by atoms with E-state index in [0.29, 0.717) is 6.54 Å². The molecule has 1 heterocycles. The van der Waals surface area contributed by atoms with Crippen LogP contribution in [0.5, 0.6) is 0 Å². The van der Waals surface area contributed by atoms with E-state index < -0.39 is 10.8 Å². The molecule has 0 radical (unpaired) electrons. The van der Waals surface area contributed by atoms with Crippen molar-refractivity contribution in [3.05, 3.63) is 46.8 Å². The molecular formula is C18H27N3O2S. The minimum absolute atomic E-state index is 0.0960. The Morgan fingerprint density at radius 1 is 1.29 bits per heavy atom. The topological polar surface area (TPSA) is 58.4 Å². The summed E-state index contributed by atoms with van der Waals surface area (Å²) in [6.07, 6.45) is 1.69. The number of rotatable bonds is 7. The Hall–Kier alpha value is -1.50. The van der Waals surface area contributed by atoms with Gasteiger partial charge in [-0.2, -0.15) is 5.10 Å². The van der Waals surface area contributed by atoms with Crippen molar-refractivity contribution in [1.82, 2.24) is 14.7 Å². The van der Waals surface area contributed by atoms with Gasteiger partial charge in [0.2, 0.25) is 0 Å². The molecule has 1 aromatic heterocycles. The highest BCUT2D eigenvalue weighted by atomic mass is 32.2. The lowest BCUT2D eigenvalue weighted by molar-refractivity contribution is 0.251. The Bertz CT molecular complexity index is 710. The molecule has 0 saturated carbocycles. The lowest BCUT2D eigenvalue weighted by Crippen LogP contribution is -2.22. The molecule has 0 aliphatic rings. The lowest BCUT2D eigenvalue weighted by Gasteiger charge is -2.25. The summed E-state index contributed by atoms with van der Waals surface area (Å²) in [5.41, 5.74) is 4.53. The van der Waals surface area contributed by atoms with Crippen LogP contribution in [-0.2, 0) is 23.9 Å². The van der Waals surface area contributed by atoms with Gasteiger partial charge in [-0.25, -0.2) is 0 Å². The van der Waals surface area contributed by atoms with Gasteiger partial charge in [-0.3, -0.25) is 13.8 Å². The maximum absolute atomic E-state index is 11.5. The summed E-state index contributed by atoms with van der Waals surface area (Å²) in [6.45, 7) is 7.65. The molecule has 0 aliphatic heterocycles. The van der Waals surface area contributed by atoms with Crippen LogP contribution in [0.15, 0.2) is 29.2 Å². The van der Waals surface area contributed by atoms with E-state index in [2.05, 4.69) is 30.9 Å². The van der Waals surface area contributed by atoms with Crippen molar-refractivity contribution >= 4 is 10.8 Å². The molecule has 0 bridgehead atoms. The molecule has 0 amide bonds. The molecule has 1 aromatic carbocycles. The lowest BCUT2D eigenvalue weighted by atomic mass is 10.1. The van der Waals surface area contributed by atoms with Gasteiger partial charge in [0.1, 0.15) is 0 Å². The highest BCUT2D eigenvalue weighted by Crippen LogP contribution is 2.24. The fraction of sp³-hybridized carbons (Fsp3) is 0.500. The molecule has 0 fully saturated rings. The zero-order chi connectivity index (χ0) is 17.9. The Morgan fingerprint density at radius 2 is 1.92 bits per heavy atom. The van der Waals surface area contributed by atoms with Gasteiger partial charge < -0.3 is 5.11 Å². The summed E-state index contributed by atoms with van der Waals surface area (Å²) >= 11 is 0. The molecule has 6 heteroatoms. The van der Waals surface area contributed by atoms with Crippen molar-refractivity contribution in [2.24, 2.45) is 0 Å². The second kappa shape index (κ2) is 8.05. The molecule has 2 atom stereocenters. The number of aliphatic hydroxyl groups excluding tert-OH is 1. The fourth-order valence-corrected chi connectivity index (χ4v) is 3.37. The summed E-state index contributed by atoms with van der Waals surface area (Å²) < 4.78 is 13.4. The highest BCUT2D eigenvalue weighted by molar-refractivity contribution is 7.84. The van der Waals surface area contributed by atoms with Crippen molar-refractivity contribution in [3.63, 3.8) is 0 Å². The molecule has 5 nitrogen and oxygen atoms in total. The Morgan fingerprint density at radius 3 is 2.46 bits per heavy atom. The zero-order valence-corrected chi connectivity index (χ0v) is 15.9. The van der Waals surface area contributed by atoms with Crippen LogP contribution in [0.3, 0.4) is 0 Å². The average molecular weight is 350 g/mol. The van der Waals surface area contributed by atoms with Crippen LogP contribution >= 0.6 is 0 Å². The molecule has 2 unspecified atom stereocenters. The van der Waals surface area contributed by atoms with E-state index in [0.717, 1.165) is 22.8 Å². The number of hydrogen-bond donors (Lipinski definition) is 1. The van der Waals surface area contributed by atoms with Gasteiger partial charge >= 0.3 is 0 Å². The van der Waals surface area contributed by atoms with Crippen LogP contribution in [0.1, 0.15) is 35.5 Å². The van der Waals surface area contributed by atoms with Gasteiger partial charge in [0.15, 0.2) is 0 Å². The molecule has 2 aromatic rings. The van der Waals surface area contributed by atoms with Crippen molar-refractivity contribution in [3.8, 4) is 0 Å². The van der Waals surface area contributed by atoms with Gasteiger partial charge in [0, 0.05) is 45.8 Å². The first-order chi connectivity index (χ1) is 11.3. The minimum atomic E-state index is -0.943. The van der Waals surface area contributed by atoms with Gasteiger partial charge in [-0.15, -0.1) is 0 Å². The first-order valence-electron chi connectivity index (χ1n) is 8.12. The second-order valence-corrected chi connectivity index (χ2v) is 7.59. The molecule has 1 N–H and O–H groups in total. The van der Waals surface area contributed by atoms with E-state index in [1.807, 2.05) is 35.9 Å². The van der Waals surface area contributed by atoms with E-state index in [1.54, 1.807) is 6.26 Å². The summed E-state index contributed by atoms with van der Waals surface area (Å²) in [4.78, 5) is 3.13. The molecule has 0 spiro atoms. The largest absolute Gasteiger partial charge is 0.394 e. The van der Waals surface area contributed by atoms with Gasteiger partial charge in [0.25, 0.3) is 0 Å². The number of aryl methyl sites for hydroxylation is 1. The minimum Gasteiger partial charge on any atom is -0.394 e. The second-order valence-electron chi connectivity index (χ2n) is 6.21. The average Bonchev–Trinajstić information content (AvgIpc) is 2.82. The van der Waals surface area contributed by atoms with Crippen LogP contribution in [0.25, 0.3) is 0 Å². The predicted octanol–water partition coefficient (Wildman–Crippen LogP) is 2.42. The van der Waals surface area contributed by atoms with E-state index in [4.69, 9.17) is 5.11 Å². The Balaban J connectivity index is 2.14. The van der Waals surface area contributed by atoms with Crippen LogP contribution in [-0.4, -0.2) is 43.9 Å². The van der Waals surface area contributed by atoms with Crippen molar-refractivity contribution in [2.75, 3.05) is 19.9 Å². The van der Waals surface area contributed by atoms with E-state index in [1.165, 1.54) is 11.1 Å². The standard InChI is InChI=1S/C18H27N3O2S/c1-13-18(15(3)21(19-13)10-11-22)12-20(4)14(2)16-6-8-17(9-7-16)24(5)23/h6-9,14,22H,10-12H2,1-5H3. The number of benzene rings is 1.